The van der Waals surface area contributed by atoms with Crippen LogP contribution in [0.4, 0.5) is 4.39 Å². The Hall–Kier alpha value is -4.65. The summed E-state index contributed by atoms with van der Waals surface area (Å²) >= 11 is 14.2. The molecule has 14 heteroatoms. The molecule has 1 aliphatic rings. The Morgan fingerprint density at radius 3 is 2.35 bits per heavy atom. The average molecular weight is 730 g/mol. The molecule has 0 fully saturated rings. The highest BCUT2D eigenvalue weighted by Gasteiger charge is 2.34. The summed E-state index contributed by atoms with van der Waals surface area (Å²) in [4.78, 5) is 44.1. The molecule has 0 aliphatic carbocycles. The van der Waals surface area contributed by atoms with E-state index >= 15 is 0 Å². The van der Waals surface area contributed by atoms with Crippen molar-refractivity contribution in [3.8, 4) is 17.2 Å². The van der Waals surface area contributed by atoms with Crippen molar-refractivity contribution in [2.75, 3.05) is 26.9 Å². The molecule has 3 aromatic carbocycles. The Morgan fingerprint density at radius 1 is 0.980 bits per heavy atom. The first-order chi connectivity index (χ1) is 23.5. The third-order valence-electron chi connectivity index (χ3n) is 7.29. The van der Waals surface area contributed by atoms with Crippen molar-refractivity contribution in [1.29, 1.82) is 0 Å². The van der Waals surface area contributed by atoms with Crippen LogP contribution >= 0.6 is 34.5 Å². The molecule has 0 saturated heterocycles. The zero-order valence-corrected chi connectivity index (χ0v) is 29.2. The zero-order chi connectivity index (χ0) is 35.2. The standard InChI is InChI=1S/C35H31Cl2FN2O8S/c1-5-45-27-16-22(9-12-26(27)47-18-29(41)44-4)31-30(34(43)46-6-2)19(3)39-35-40(31)33(42)28(49-35)15-21-13-24(36)32(25(37)14-21)48-17-20-7-10-23(38)11-8-20/h7-16,31H,5-6,17-18H2,1-4H3/b28-15-/t31-/m1/s1. The highest BCUT2D eigenvalue weighted by molar-refractivity contribution is 7.07. The lowest BCUT2D eigenvalue weighted by Crippen LogP contribution is -2.40. The summed E-state index contributed by atoms with van der Waals surface area (Å²) in [6.45, 7) is 5.32. The van der Waals surface area contributed by atoms with Crippen molar-refractivity contribution >= 4 is 52.6 Å². The predicted molar refractivity (Wildman–Crippen MR) is 183 cm³/mol. The molecule has 0 unspecified atom stereocenters. The van der Waals surface area contributed by atoms with E-state index in [0.717, 1.165) is 16.9 Å². The molecule has 1 aromatic heterocycles. The van der Waals surface area contributed by atoms with Crippen molar-refractivity contribution in [2.24, 2.45) is 4.99 Å². The van der Waals surface area contributed by atoms with Gasteiger partial charge in [0.15, 0.2) is 28.7 Å². The first-order valence-corrected chi connectivity index (χ1v) is 16.6. The van der Waals surface area contributed by atoms with E-state index < -0.39 is 23.5 Å². The lowest BCUT2D eigenvalue weighted by molar-refractivity contribution is -0.143. The second-order valence-corrected chi connectivity index (χ2v) is 12.4. The van der Waals surface area contributed by atoms with Gasteiger partial charge in [0.2, 0.25) is 0 Å². The van der Waals surface area contributed by atoms with Crippen molar-refractivity contribution < 1.29 is 37.7 Å². The largest absolute Gasteiger partial charge is 0.490 e. The predicted octanol–water partition coefficient (Wildman–Crippen LogP) is 5.77. The number of carbonyl (C=O) groups is 2. The molecule has 4 aromatic rings. The van der Waals surface area contributed by atoms with Crippen molar-refractivity contribution in [3.63, 3.8) is 0 Å². The fourth-order valence-electron chi connectivity index (χ4n) is 5.07. The summed E-state index contributed by atoms with van der Waals surface area (Å²) in [6, 6.07) is 13.1. The van der Waals surface area contributed by atoms with Crippen LogP contribution in [0.15, 0.2) is 75.7 Å². The number of rotatable bonds is 12. The minimum Gasteiger partial charge on any atom is -0.490 e. The minimum atomic E-state index is -0.930. The van der Waals surface area contributed by atoms with Crippen molar-refractivity contribution in [2.45, 2.75) is 33.4 Å². The van der Waals surface area contributed by atoms with Gasteiger partial charge in [-0.1, -0.05) is 52.7 Å². The Bertz CT molecular complexity index is 2090. The highest BCUT2D eigenvalue weighted by atomic mass is 35.5. The normalized spacial score (nSPS) is 14.2. The van der Waals surface area contributed by atoms with Crippen LogP contribution < -0.4 is 29.1 Å². The number of hydrogen-bond acceptors (Lipinski definition) is 10. The number of methoxy groups -OCH3 is 1. The molecule has 0 amide bonds. The van der Waals surface area contributed by atoms with Gasteiger partial charge in [-0.3, -0.25) is 9.36 Å². The molecule has 10 nitrogen and oxygen atoms in total. The van der Waals surface area contributed by atoms with Crippen molar-refractivity contribution in [3.05, 3.63) is 118 Å². The molecule has 0 spiro atoms. The topological polar surface area (TPSA) is 115 Å². The molecule has 256 valence electrons. The van der Waals surface area contributed by atoms with Gasteiger partial charge in [-0.05, 0) is 79.9 Å². The van der Waals surface area contributed by atoms with E-state index in [4.69, 9.17) is 42.1 Å². The van der Waals surface area contributed by atoms with Crippen LogP contribution in [0.25, 0.3) is 6.08 Å². The number of hydrogen-bond donors (Lipinski definition) is 0. The van der Waals surface area contributed by atoms with Crippen LogP contribution in [0, 0.1) is 5.82 Å². The lowest BCUT2D eigenvalue weighted by atomic mass is 9.95. The summed E-state index contributed by atoms with van der Waals surface area (Å²) in [7, 11) is 1.25. The van der Waals surface area contributed by atoms with E-state index in [0.29, 0.717) is 31.9 Å². The molecule has 1 aliphatic heterocycles. The molecule has 5 rings (SSSR count). The molecule has 1 atom stereocenters. The van der Waals surface area contributed by atoms with Gasteiger partial charge in [-0.15, -0.1) is 0 Å². The van der Waals surface area contributed by atoms with Crippen LogP contribution in [-0.2, 0) is 25.7 Å². The Labute approximate surface area is 294 Å². The number of esters is 2. The highest BCUT2D eigenvalue weighted by Crippen LogP contribution is 2.37. The molecular formula is C35H31Cl2FN2O8S. The average Bonchev–Trinajstić information content (AvgIpc) is 3.37. The maximum absolute atomic E-state index is 14.1. The number of benzene rings is 3. The molecule has 0 radical (unpaired) electrons. The molecular weight excluding hydrogens is 698 g/mol. The van der Waals surface area contributed by atoms with Gasteiger partial charge in [0.05, 0.1) is 52.2 Å². The van der Waals surface area contributed by atoms with Gasteiger partial charge in [0.25, 0.3) is 5.56 Å². The Kier molecular flexibility index (Phi) is 11.4. The molecule has 49 heavy (non-hydrogen) atoms. The SMILES string of the molecule is CCOC(=O)C1=C(C)N=c2s/c(=C\c3cc(Cl)c(OCc4ccc(F)cc4)c(Cl)c3)c(=O)n2[C@@H]1c1ccc(OCC(=O)OC)c(OCC)c1. The lowest BCUT2D eigenvalue weighted by Gasteiger charge is -2.25. The molecule has 0 N–H and O–H groups in total. The number of allylic oxidation sites excluding steroid dienone is 1. The summed E-state index contributed by atoms with van der Waals surface area (Å²) in [5.41, 5.74) is 1.92. The maximum atomic E-state index is 14.1. The molecule has 0 bridgehead atoms. The van der Waals surface area contributed by atoms with E-state index in [2.05, 4.69) is 9.73 Å². The van der Waals surface area contributed by atoms with Crippen LogP contribution in [0.1, 0.15) is 43.5 Å². The Balaban J connectivity index is 1.56. The number of nitrogens with zero attached hydrogens (tertiary/aromatic N) is 2. The summed E-state index contributed by atoms with van der Waals surface area (Å²) in [5, 5.41) is 0.426. The zero-order valence-electron chi connectivity index (χ0n) is 26.9. The van der Waals surface area contributed by atoms with Crippen LogP contribution in [0.5, 0.6) is 17.2 Å². The monoisotopic (exact) mass is 728 g/mol. The van der Waals surface area contributed by atoms with Gasteiger partial charge >= 0.3 is 11.9 Å². The molecule has 0 saturated carbocycles. The van der Waals surface area contributed by atoms with Gasteiger partial charge < -0.3 is 23.7 Å². The smallest absolute Gasteiger partial charge is 0.343 e. The number of ether oxygens (including phenoxy) is 5. The quantitative estimate of drug-likeness (QED) is 0.169. The third-order valence-corrected chi connectivity index (χ3v) is 8.83. The van der Waals surface area contributed by atoms with Gasteiger partial charge in [0, 0.05) is 0 Å². The second kappa shape index (κ2) is 15.7. The number of fused-ring (bicyclic) bond motifs is 1. The van der Waals surface area contributed by atoms with Crippen molar-refractivity contribution in [1.82, 2.24) is 4.57 Å². The second-order valence-electron chi connectivity index (χ2n) is 10.5. The van der Waals surface area contributed by atoms with E-state index in [-0.39, 0.29) is 59.4 Å². The van der Waals surface area contributed by atoms with Crippen LogP contribution in [-0.4, -0.2) is 43.4 Å². The summed E-state index contributed by atoms with van der Waals surface area (Å²) in [5.74, 6) is -0.734. The van der Waals surface area contributed by atoms with E-state index in [1.54, 1.807) is 69.3 Å². The number of thiazole rings is 1. The first kappa shape index (κ1) is 35.7. The third kappa shape index (κ3) is 7.98. The molecule has 2 heterocycles. The number of aromatic nitrogens is 1. The van der Waals surface area contributed by atoms with E-state index in [1.165, 1.54) is 23.8 Å². The van der Waals surface area contributed by atoms with E-state index in [1.807, 2.05) is 0 Å². The maximum Gasteiger partial charge on any atom is 0.343 e. The number of carbonyl (C=O) groups excluding carboxylic acids is 2. The van der Waals surface area contributed by atoms with Gasteiger partial charge in [-0.2, -0.15) is 0 Å². The van der Waals surface area contributed by atoms with E-state index in [9.17, 15) is 18.8 Å². The number of halogens is 3. The summed E-state index contributed by atoms with van der Waals surface area (Å²) < 4.78 is 42.3. The van der Waals surface area contributed by atoms with Gasteiger partial charge in [-0.25, -0.2) is 19.0 Å². The first-order valence-electron chi connectivity index (χ1n) is 15.1. The van der Waals surface area contributed by atoms with Gasteiger partial charge in [0.1, 0.15) is 12.4 Å². The Morgan fingerprint density at radius 2 is 1.69 bits per heavy atom. The fourth-order valence-corrected chi connectivity index (χ4v) is 6.73. The van der Waals surface area contributed by atoms with Crippen LogP contribution in [0.2, 0.25) is 10.0 Å². The van der Waals surface area contributed by atoms with Crippen LogP contribution in [0.3, 0.4) is 0 Å². The minimum absolute atomic E-state index is 0.113. The summed E-state index contributed by atoms with van der Waals surface area (Å²) in [6.07, 6.45) is 1.63. The fraction of sp³-hybridized carbons (Fsp3) is 0.257.